The van der Waals surface area contributed by atoms with Gasteiger partial charge in [-0.25, -0.2) is 4.39 Å². The second kappa shape index (κ2) is 5.93. The standard InChI is InChI=1S/C12H18FN3S/c1-15(2)6-7-16(3)11-5-4-9(13)8-10(11)12(14)17/h4-5,8H,6-7H2,1-3H3,(H2,14,17). The van der Waals surface area contributed by atoms with Crippen molar-refractivity contribution in [1.29, 1.82) is 0 Å². The Morgan fingerprint density at radius 3 is 2.47 bits per heavy atom. The molecule has 17 heavy (non-hydrogen) atoms. The van der Waals surface area contributed by atoms with E-state index >= 15 is 0 Å². The van der Waals surface area contributed by atoms with Crippen LogP contribution in [0, 0.1) is 5.82 Å². The van der Waals surface area contributed by atoms with Crippen molar-refractivity contribution in [3.05, 3.63) is 29.6 Å². The van der Waals surface area contributed by atoms with Crippen molar-refractivity contribution in [2.45, 2.75) is 0 Å². The van der Waals surface area contributed by atoms with Crippen molar-refractivity contribution in [2.75, 3.05) is 39.1 Å². The summed E-state index contributed by atoms with van der Waals surface area (Å²) in [4.78, 5) is 4.32. The van der Waals surface area contributed by atoms with Crippen LogP contribution in [0.5, 0.6) is 0 Å². The number of halogens is 1. The van der Waals surface area contributed by atoms with Crippen LogP contribution in [-0.2, 0) is 0 Å². The van der Waals surface area contributed by atoms with E-state index in [4.69, 9.17) is 18.0 Å². The molecule has 0 aliphatic carbocycles. The first-order chi connectivity index (χ1) is 7.91. The summed E-state index contributed by atoms with van der Waals surface area (Å²) in [7, 11) is 5.96. The highest BCUT2D eigenvalue weighted by Crippen LogP contribution is 2.20. The highest BCUT2D eigenvalue weighted by molar-refractivity contribution is 7.80. The fourth-order valence-corrected chi connectivity index (χ4v) is 1.67. The summed E-state index contributed by atoms with van der Waals surface area (Å²) < 4.78 is 13.1. The lowest BCUT2D eigenvalue weighted by atomic mass is 10.1. The van der Waals surface area contributed by atoms with Crippen molar-refractivity contribution in [1.82, 2.24) is 4.90 Å². The van der Waals surface area contributed by atoms with Crippen molar-refractivity contribution < 1.29 is 4.39 Å². The van der Waals surface area contributed by atoms with Gasteiger partial charge in [0.25, 0.3) is 0 Å². The van der Waals surface area contributed by atoms with Crippen LogP contribution in [0.3, 0.4) is 0 Å². The minimum absolute atomic E-state index is 0.219. The fourth-order valence-electron chi connectivity index (χ4n) is 1.51. The molecule has 3 nitrogen and oxygen atoms in total. The van der Waals surface area contributed by atoms with Gasteiger partial charge in [0.05, 0.1) is 0 Å². The van der Waals surface area contributed by atoms with Crippen molar-refractivity contribution in [2.24, 2.45) is 5.73 Å². The normalized spacial score (nSPS) is 10.6. The summed E-state index contributed by atoms with van der Waals surface area (Å²) in [5.74, 6) is -0.322. The topological polar surface area (TPSA) is 32.5 Å². The van der Waals surface area contributed by atoms with E-state index in [0.29, 0.717) is 5.56 Å². The van der Waals surface area contributed by atoms with Gasteiger partial charge in [0.1, 0.15) is 10.8 Å². The summed E-state index contributed by atoms with van der Waals surface area (Å²) in [5.41, 5.74) is 7.05. The molecular weight excluding hydrogens is 237 g/mol. The molecular formula is C12H18FN3S. The third kappa shape index (κ3) is 3.94. The molecule has 0 unspecified atom stereocenters. The lowest BCUT2D eigenvalue weighted by molar-refractivity contribution is 0.416. The lowest BCUT2D eigenvalue weighted by Crippen LogP contribution is -2.30. The number of anilines is 1. The van der Waals surface area contributed by atoms with E-state index in [1.807, 2.05) is 26.0 Å². The number of nitrogens with zero attached hydrogens (tertiary/aromatic N) is 2. The Labute approximate surface area is 107 Å². The van der Waals surface area contributed by atoms with E-state index in [1.54, 1.807) is 6.07 Å². The molecule has 2 N–H and O–H groups in total. The van der Waals surface area contributed by atoms with Crippen LogP contribution < -0.4 is 10.6 Å². The van der Waals surface area contributed by atoms with Gasteiger partial charge in [-0.2, -0.15) is 0 Å². The first kappa shape index (κ1) is 13.9. The monoisotopic (exact) mass is 255 g/mol. The molecule has 0 radical (unpaired) electrons. The molecule has 5 heteroatoms. The van der Waals surface area contributed by atoms with E-state index < -0.39 is 0 Å². The molecule has 0 aliphatic heterocycles. The maximum atomic E-state index is 13.1. The average Bonchev–Trinajstić information content (AvgIpc) is 2.25. The summed E-state index contributed by atoms with van der Waals surface area (Å²) in [5, 5.41) is 0. The molecule has 94 valence electrons. The Morgan fingerprint density at radius 2 is 1.94 bits per heavy atom. The lowest BCUT2D eigenvalue weighted by Gasteiger charge is -2.23. The predicted octanol–water partition coefficient (Wildman–Crippen LogP) is 1.46. The summed E-state index contributed by atoms with van der Waals surface area (Å²) in [6.45, 7) is 1.74. The summed E-state index contributed by atoms with van der Waals surface area (Å²) in [6, 6.07) is 4.51. The largest absolute Gasteiger partial charge is 0.389 e. The minimum Gasteiger partial charge on any atom is -0.389 e. The molecule has 1 aromatic carbocycles. The zero-order valence-corrected chi connectivity index (χ0v) is 11.2. The van der Waals surface area contributed by atoms with Gasteiger partial charge in [-0.1, -0.05) is 12.2 Å². The molecule has 0 spiro atoms. The zero-order valence-electron chi connectivity index (χ0n) is 10.4. The number of likely N-dealkylation sites (N-methyl/N-ethyl adjacent to an activating group) is 2. The van der Waals surface area contributed by atoms with E-state index in [9.17, 15) is 4.39 Å². The van der Waals surface area contributed by atoms with Gasteiger partial charge in [0.2, 0.25) is 0 Å². The van der Waals surface area contributed by atoms with Gasteiger partial charge >= 0.3 is 0 Å². The smallest absolute Gasteiger partial charge is 0.124 e. The Morgan fingerprint density at radius 1 is 1.29 bits per heavy atom. The molecule has 0 amide bonds. The Balaban J connectivity index is 2.92. The number of thiocarbonyl (C=S) groups is 1. The van der Waals surface area contributed by atoms with Crippen LogP contribution in [0.1, 0.15) is 5.56 Å². The highest BCUT2D eigenvalue weighted by Gasteiger charge is 2.10. The van der Waals surface area contributed by atoms with Gasteiger partial charge < -0.3 is 15.5 Å². The molecule has 0 aromatic heterocycles. The van der Waals surface area contributed by atoms with Gasteiger partial charge in [-0.05, 0) is 32.3 Å². The van der Waals surface area contributed by atoms with Gasteiger partial charge in [0.15, 0.2) is 0 Å². The van der Waals surface area contributed by atoms with Crippen molar-refractivity contribution in [3.8, 4) is 0 Å². The molecule has 0 bridgehead atoms. The van der Waals surface area contributed by atoms with Crippen LogP contribution in [-0.4, -0.2) is 44.1 Å². The van der Waals surface area contributed by atoms with Crippen LogP contribution in [0.4, 0.5) is 10.1 Å². The van der Waals surface area contributed by atoms with E-state index in [-0.39, 0.29) is 10.8 Å². The number of nitrogens with two attached hydrogens (primary N) is 1. The van der Waals surface area contributed by atoms with Crippen LogP contribution in [0.15, 0.2) is 18.2 Å². The number of hydrogen-bond acceptors (Lipinski definition) is 3. The third-order valence-corrected chi connectivity index (χ3v) is 2.74. The Hall–Kier alpha value is -1.20. The number of benzene rings is 1. The van der Waals surface area contributed by atoms with E-state index in [0.717, 1.165) is 18.8 Å². The fraction of sp³-hybridized carbons (Fsp3) is 0.417. The number of rotatable bonds is 5. The average molecular weight is 255 g/mol. The molecule has 0 atom stereocenters. The van der Waals surface area contributed by atoms with Crippen molar-refractivity contribution in [3.63, 3.8) is 0 Å². The third-order valence-electron chi connectivity index (χ3n) is 2.52. The second-order valence-corrected chi connectivity index (χ2v) is 4.69. The highest BCUT2D eigenvalue weighted by atomic mass is 32.1. The van der Waals surface area contributed by atoms with Crippen LogP contribution in [0.25, 0.3) is 0 Å². The van der Waals surface area contributed by atoms with Crippen LogP contribution >= 0.6 is 12.2 Å². The second-order valence-electron chi connectivity index (χ2n) is 4.25. The van der Waals surface area contributed by atoms with E-state index in [1.165, 1.54) is 12.1 Å². The van der Waals surface area contributed by atoms with Gasteiger partial charge in [-0.15, -0.1) is 0 Å². The Kier molecular flexibility index (Phi) is 4.84. The zero-order chi connectivity index (χ0) is 13.0. The van der Waals surface area contributed by atoms with Crippen molar-refractivity contribution >= 4 is 22.9 Å². The predicted molar refractivity (Wildman–Crippen MR) is 74.1 cm³/mol. The molecule has 0 fully saturated rings. The molecule has 1 rings (SSSR count). The molecule has 1 aromatic rings. The first-order valence-corrected chi connectivity index (χ1v) is 5.78. The Bertz CT molecular complexity index is 407. The summed E-state index contributed by atoms with van der Waals surface area (Å²) >= 11 is 4.94. The molecule has 0 saturated heterocycles. The van der Waals surface area contributed by atoms with Crippen LogP contribution in [0.2, 0.25) is 0 Å². The molecule has 0 heterocycles. The SMILES string of the molecule is CN(C)CCN(C)c1ccc(F)cc1C(N)=S. The van der Waals surface area contributed by atoms with Gasteiger partial charge in [-0.3, -0.25) is 0 Å². The van der Waals surface area contributed by atoms with E-state index in [2.05, 4.69) is 4.90 Å². The quantitative estimate of drug-likeness (QED) is 0.807. The number of hydrogen-bond donors (Lipinski definition) is 1. The minimum atomic E-state index is -0.322. The molecule has 0 aliphatic rings. The van der Waals surface area contributed by atoms with Gasteiger partial charge in [0, 0.05) is 31.4 Å². The first-order valence-electron chi connectivity index (χ1n) is 5.37. The maximum absolute atomic E-state index is 13.1. The molecule has 0 saturated carbocycles. The maximum Gasteiger partial charge on any atom is 0.124 e. The summed E-state index contributed by atoms with van der Waals surface area (Å²) in [6.07, 6.45) is 0.